The number of carbonyl (C=O) groups excluding carboxylic acids is 2. The van der Waals surface area contributed by atoms with E-state index in [2.05, 4.69) is 5.32 Å². The first-order chi connectivity index (χ1) is 12.3. The third-order valence-corrected chi connectivity index (χ3v) is 7.20. The van der Waals surface area contributed by atoms with E-state index in [4.69, 9.17) is 14.2 Å². The summed E-state index contributed by atoms with van der Waals surface area (Å²) in [5.74, 6) is 0.392. The second kappa shape index (κ2) is 7.75. The van der Waals surface area contributed by atoms with Crippen LogP contribution >= 0.6 is 11.8 Å². The normalized spacial score (nSPS) is 21.2. The number of benzene rings is 1. The van der Waals surface area contributed by atoms with Crippen LogP contribution in [-0.4, -0.2) is 55.7 Å². The van der Waals surface area contributed by atoms with E-state index in [0.717, 1.165) is 0 Å². The summed E-state index contributed by atoms with van der Waals surface area (Å²) < 4.78 is 38.3. The van der Waals surface area contributed by atoms with Crippen molar-refractivity contribution in [2.24, 2.45) is 0 Å². The van der Waals surface area contributed by atoms with Crippen LogP contribution in [0.15, 0.2) is 18.2 Å². The molecule has 2 heterocycles. The molecule has 3 rings (SSSR count). The maximum absolute atomic E-state index is 12.1. The van der Waals surface area contributed by atoms with E-state index in [1.54, 1.807) is 18.2 Å². The first kappa shape index (κ1) is 18.8. The lowest BCUT2D eigenvalue weighted by molar-refractivity contribution is -0.150. The molecule has 2 atom stereocenters. The minimum atomic E-state index is -2.98. The molecule has 142 valence electrons. The van der Waals surface area contributed by atoms with Crippen LogP contribution in [0.1, 0.15) is 13.3 Å². The molecule has 8 nitrogen and oxygen atoms in total. The molecule has 2 aliphatic heterocycles. The zero-order valence-electron chi connectivity index (χ0n) is 14.1. The molecule has 1 aromatic rings. The van der Waals surface area contributed by atoms with Gasteiger partial charge in [0.05, 0.1) is 17.3 Å². The Morgan fingerprint density at radius 2 is 2.12 bits per heavy atom. The highest BCUT2D eigenvalue weighted by Gasteiger charge is 2.29. The van der Waals surface area contributed by atoms with Crippen molar-refractivity contribution >= 4 is 39.2 Å². The highest BCUT2D eigenvalue weighted by atomic mass is 32.2. The van der Waals surface area contributed by atoms with Gasteiger partial charge in [-0.3, -0.25) is 9.59 Å². The van der Waals surface area contributed by atoms with Gasteiger partial charge in [-0.2, -0.15) is 0 Å². The Kier molecular flexibility index (Phi) is 5.61. The van der Waals surface area contributed by atoms with Crippen LogP contribution in [0.25, 0.3) is 0 Å². The Hall–Kier alpha value is -1.94. The summed E-state index contributed by atoms with van der Waals surface area (Å²) in [6, 6.07) is 4.97. The summed E-state index contributed by atoms with van der Waals surface area (Å²) in [6.45, 7) is 1.62. The summed E-state index contributed by atoms with van der Waals surface area (Å²) >= 11 is 1.25. The van der Waals surface area contributed by atoms with E-state index < -0.39 is 27.8 Å². The zero-order chi connectivity index (χ0) is 18.7. The SMILES string of the molecule is C[C@@H](OC(=O)CS[C@H]1CCS(=O)(=O)C1)C(=O)Nc1ccc2c(c1)OCO2. The standard InChI is InChI=1S/C16H19NO7S2/c1-10(24-15(18)7-25-12-4-5-26(20,21)8-12)16(19)17-11-2-3-13-14(6-11)23-9-22-13/h2-3,6,10,12H,4-5,7-9H2,1H3,(H,17,19)/t10-,12+/m1/s1. The molecule has 1 amide bonds. The number of thioether (sulfide) groups is 1. The summed E-state index contributed by atoms with van der Waals surface area (Å²) in [6.07, 6.45) is -0.429. The number of hydrogen-bond donors (Lipinski definition) is 1. The molecule has 0 unspecified atom stereocenters. The number of fused-ring (bicyclic) bond motifs is 1. The van der Waals surface area contributed by atoms with Gasteiger partial charge in [-0.05, 0) is 25.5 Å². The van der Waals surface area contributed by atoms with Crippen molar-refractivity contribution in [1.29, 1.82) is 0 Å². The van der Waals surface area contributed by atoms with Gasteiger partial charge in [0.1, 0.15) is 0 Å². The number of nitrogens with one attached hydrogen (secondary N) is 1. The molecule has 0 radical (unpaired) electrons. The van der Waals surface area contributed by atoms with Crippen molar-refractivity contribution in [2.45, 2.75) is 24.7 Å². The predicted molar refractivity (Wildman–Crippen MR) is 96.3 cm³/mol. The molecule has 10 heteroatoms. The number of amides is 1. The van der Waals surface area contributed by atoms with Crippen LogP contribution in [-0.2, 0) is 24.2 Å². The van der Waals surface area contributed by atoms with Crippen molar-refractivity contribution < 1.29 is 32.2 Å². The molecule has 26 heavy (non-hydrogen) atoms. The average Bonchev–Trinajstić information content (AvgIpc) is 3.18. The number of anilines is 1. The van der Waals surface area contributed by atoms with Crippen LogP contribution in [0.5, 0.6) is 11.5 Å². The van der Waals surface area contributed by atoms with E-state index in [9.17, 15) is 18.0 Å². The molecule has 0 saturated carbocycles. The van der Waals surface area contributed by atoms with Gasteiger partial charge in [-0.25, -0.2) is 8.42 Å². The summed E-state index contributed by atoms with van der Waals surface area (Å²) in [5, 5.41) is 2.55. The summed E-state index contributed by atoms with van der Waals surface area (Å²) in [5.41, 5.74) is 0.507. The Morgan fingerprint density at radius 1 is 1.35 bits per heavy atom. The van der Waals surface area contributed by atoms with Crippen LogP contribution in [0.3, 0.4) is 0 Å². The minimum Gasteiger partial charge on any atom is -0.454 e. The molecular weight excluding hydrogens is 382 g/mol. The molecule has 0 spiro atoms. The largest absolute Gasteiger partial charge is 0.454 e. The molecule has 1 fully saturated rings. The zero-order valence-corrected chi connectivity index (χ0v) is 15.7. The number of ether oxygens (including phenoxy) is 3. The number of esters is 1. The Bertz CT molecular complexity index is 809. The first-order valence-electron chi connectivity index (χ1n) is 8.04. The van der Waals surface area contributed by atoms with Gasteiger partial charge in [0, 0.05) is 17.0 Å². The van der Waals surface area contributed by atoms with Gasteiger partial charge in [-0.15, -0.1) is 11.8 Å². The average molecular weight is 401 g/mol. The molecule has 1 saturated heterocycles. The first-order valence-corrected chi connectivity index (χ1v) is 10.9. The molecule has 0 aliphatic carbocycles. The van der Waals surface area contributed by atoms with Gasteiger partial charge in [0.15, 0.2) is 27.4 Å². The van der Waals surface area contributed by atoms with Gasteiger partial charge in [0.2, 0.25) is 6.79 Å². The lowest BCUT2D eigenvalue weighted by Gasteiger charge is -2.14. The van der Waals surface area contributed by atoms with E-state index in [1.807, 2.05) is 0 Å². The van der Waals surface area contributed by atoms with Crippen molar-refractivity contribution in [1.82, 2.24) is 0 Å². The number of rotatable bonds is 6. The monoisotopic (exact) mass is 401 g/mol. The van der Waals surface area contributed by atoms with Crippen molar-refractivity contribution in [2.75, 3.05) is 29.4 Å². The topological polar surface area (TPSA) is 108 Å². The Labute approximate surface area is 155 Å². The quantitative estimate of drug-likeness (QED) is 0.709. The van der Waals surface area contributed by atoms with Crippen molar-refractivity contribution in [3.63, 3.8) is 0 Å². The number of sulfone groups is 1. The molecular formula is C16H19NO7S2. The Morgan fingerprint density at radius 3 is 2.85 bits per heavy atom. The van der Waals surface area contributed by atoms with Crippen LogP contribution < -0.4 is 14.8 Å². The van der Waals surface area contributed by atoms with Gasteiger partial charge in [-0.1, -0.05) is 0 Å². The summed E-state index contributed by atoms with van der Waals surface area (Å²) in [4.78, 5) is 24.0. The number of carbonyl (C=O) groups is 2. The molecule has 2 aliphatic rings. The third-order valence-electron chi connectivity index (χ3n) is 3.95. The van der Waals surface area contributed by atoms with Gasteiger partial charge >= 0.3 is 5.97 Å². The maximum Gasteiger partial charge on any atom is 0.316 e. The summed E-state index contributed by atoms with van der Waals surface area (Å²) in [7, 11) is -2.98. The highest BCUT2D eigenvalue weighted by molar-refractivity contribution is 8.02. The smallest absolute Gasteiger partial charge is 0.316 e. The van der Waals surface area contributed by atoms with Crippen molar-refractivity contribution in [3.05, 3.63) is 18.2 Å². The van der Waals surface area contributed by atoms with Crippen LogP contribution in [0, 0.1) is 0 Å². The van der Waals surface area contributed by atoms with Gasteiger partial charge < -0.3 is 19.5 Å². The number of hydrogen-bond acceptors (Lipinski definition) is 8. The molecule has 0 aromatic heterocycles. The van der Waals surface area contributed by atoms with E-state index in [0.29, 0.717) is 23.6 Å². The maximum atomic E-state index is 12.1. The fourth-order valence-electron chi connectivity index (χ4n) is 2.58. The highest BCUT2D eigenvalue weighted by Crippen LogP contribution is 2.34. The lowest BCUT2D eigenvalue weighted by atomic mass is 10.2. The lowest BCUT2D eigenvalue weighted by Crippen LogP contribution is -2.30. The van der Waals surface area contributed by atoms with Gasteiger partial charge in [0.25, 0.3) is 5.91 Å². The minimum absolute atomic E-state index is 0.0157. The van der Waals surface area contributed by atoms with Crippen molar-refractivity contribution in [3.8, 4) is 11.5 Å². The Balaban J connectivity index is 1.44. The van der Waals surface area contributed by atoms with E-state index in [-0.39, 0.29) is 29.3 Å². The van der Waals surface area contributed by atoms with E-state index >= 15 is 0 Å². The van der Waals surface area contributed by atoms with Crippen LogP contribution in [0.4, 0.5) is 5.69 Å². The second-order valence-corrected chi connectivity index (χ2v) is 9.54. The molecule has 1 N–H and O–H groups in total. The fourth-order valence-corrected chi connectivity index (χ4v) is 6.01. The van der Waals surface area contributed by atoms with E-state index in [1.165, 1.54) is 18.7 Å². The fraction of sp³-hybridized carbons (Fsp3) is 0.500. The third kappa shape index (κ3) is 4.82. The second-order valence-electron chi connectivity index (χ2n) is 6.03. The molecule has 1 aromatic carbocycles. The van der Waals surface area contributed by atoms with Crippen LogP contribution in [0.2, 0.25) is 0 Å². The predicted octanol–water partition coefficient (Wildman–Crippen LogP) is 1.21. The molecule has 0 bridgehead atoms.